The maximum Gasteiger partial charge on any atom is 0.254 e. The van der Waals surface area contributed by atoms with E-state index in [0.29, 0.717) is 18.0 Å². The topological polar surface area (TPSA) is 67.2 Å². The Morgan fingerprint density at radius 3 is 2.68 bits per heavy atom. The minimum Gasteiger partial charge on any atom is -0.396 e. The Balaban J connectivity index is 2.63. The van der Waals surface area contributed by atoms with E-state index in [4.69, 9.17) is 5.11 Å². The molecule has 2 N–H and O–H groups in total. The first-order valence-corrected chi connectivity index (χ1v) is 6.94. The maximum atomic E-state index is 12.1. The fourth-order valence-electron chi connectivity index (χ4n) is 2.13. The van der Waals surface area contributed by atoms with Gasteiger partial charge in [-0.05, 0) is 33.1 Å². The van der Waals surface area contributed by atoms with Crippen LogP contribution >= 0.6 is 0 Å². The van der Waals surface area contributed by atoms with Crippen molar-refractivity contribution >= 4 is 5.91 Å². The summed E-state index contributed by atoms with van der Waals surface area (Å²) in [6.45, 7) is 8.81. The van der Waals surface area contributed by atoms with E-state index in [-0.39, 0.29) is 18.6 Å². The number of nitrogens with zero attached hydrogens (tertiary/aromatic N) is 2. The smallest absolute Gasteiger partial charge is 0.254 e. The molecule has 1 aromatic rings. The second-order valence-electron chi connectivity index (χ2n) is 5.18. The highest BCUT2D eigenvalue weighted by Gasteiger charge is 2.16. The van der Waals surface area contributed by atoms with Crippen molar-refractivity contribution in [1.82, 2.24) is 15.1 Å². The Morgan fingerprint density at radius 1 is 1.53 bits per heavy atom. The van der Waals surface area contributed by atoms with Gasteiger partial charge in [0.05, 0.1) is 11.8 Å². The summed E-state index contributed by atoms with van der Waals surface area (Å²) in [5, 5.41) is 16.1. The van der Waals surface area contributed by atoms with Crippen molar-refractivity contribution in [3.05, 3.63) is 17.5 Å². The van der Waals surface area contributed by atoms with Gasteiger partial charge in [-0.1, -0.05) is 13.3 Å². The molecule has 0 aliphatic rings. The van der Waals surface area contributed by atoms with Gasteiger partial charge in [0.2, 0.25) is 0 Å². The van der Waals surface area contributed by atoms with E-state index in [1.807, 2.05) is 25.5 Å². The van der Waals surface area contributed by atoms with Crippen LogP contribution in [0.5, 0.6) is 0 Å². The molecule has 0 saturated heterocycles. The van der Waals surface area contributed by atoms with Crippen LogP contribution in [0.4, 0.5) is 0 Å². The Morgan fingerprint density at radius 2 is 2.21 bits per heavy atom. The highest BCUT2D eigenvalue weighted by molar-refractivity contribution is 5.95. The third-order valence-electron chi connectivity index (χ3n) is 3.44. The molecule has 1 amide bonds. The summed E-state index contributed by atoms with van der Waals surface area (Å²) in [6, 6.07) is 0.249. The highest BCUT2D eigenvalue weighted by atomic mass is 16.3. The second-order valence-corrected chi connectivity index (χ2v) is 5.18. The molecule has 0 radical (unpaired) electrons. The molecule has 1 aromatic heterocycles. The number of hydrogen-bond acceptors (Lipinski definition) is 3. The predicted molar refractivity (Wildman–Crippen MR) is 75.2 cm³/mol. The zero-order valence-electron chi connectivity index (χ0n) is 12.3. The largest absolute Gasteiger partial charge is 0.396 e. The van der Waals surface area contributed by atoms with Gasteiger partial charge in [-0.25, -0.2) is 0 Å². The van der Waals surface area contributed by atoms with E-state index >= 15 is 0 Å². The second kappa shape index (κ2) is 7.28. The fourth-order valence-corrected chi connectivity index (χ4v) is 2.13. The minimum absolute atomic E-state index is 0.0826. The van der Waals surface area contributed by atoms with Crippen LogP contribution in [-0.4, -0.2) is 33.9 Å². The summed E-state index contributed by atoms with van der Waals surface area (Å²) >= 11 is 0. The van der Waals surface area contributed by atoms with Gasteiger partial charge in [-0.15, -0.1) is 0 Å². The number of carbonyl (C=O) groups excluding carboxylic acids is 1. The van der Waals surface area contributed by atoms with Crippen molar-refractivity contribution < 1.29 is 9.90 Å². The number of aliphatic hydroxyl groups is 1. The van der Waals surface area contributed by atoms with Crippen LogP contribution in [-0.2, 0) is 0 Å². The first-order valence-electron chi connectivity index (χ1n) is 6.94. The van der Waals surface area contributed by atoms with Gasteiger partial charge in [-0.3, -0.25) is 9.48 Å². The summed E-state index contributed by atoms with van der Waals surface area (Å²) in [7, 11) is 0. The van der Waals surface area contributed by atoms with Crippen molar-refractivity contribution in [2.45, 2.75) is 46.6 Å². The molecule has 0 fully saturated rings. The summed E-state index contributed by atoms with van der Waals surface area (Å²) in [6.07, 6.45) is 3.30. The van der Waals surface area contributed by atoms with Crippen molar-refractivity contribution in [3.8, 4) is 0 Å². The monoisotopic (exact) mass is 267 g/mol. The van der Waals surface area contributed by atoms with E-state index in [9.17, 15) is 4.79 Å². The molecule has 108 valence electrons. The molecule has 1 rings (SSSR count). The average molecular weight is 267 g/mol. The van der Waals surface area contributed by atoms with Gasteiger partial charge in [0.15, 0.2) is 0 Å². The fraction of sp³-hybridized carbons (Fsp3) is 0.714. The Kier molecular flexibility index (Phi) is 6.02. The number of rotatable bonds is 7. The number of amides is 1. The van der Waals surface area contributed by atoms with Crippen LogP contribution in [0.15, 0.2) is 6.20 Å². The van der Waals surface area contributed by atoms with Gasteiger partial charge in [0, 0.05) is 24.9 Å². The van der Waals surface area contributed by atoms with Gasteiger partial charge < -0.3 is 10.4 Å². The molecular weight excluding hydrogens is 242 g/mol. The molecule has 0 aliphatic heterocycles. The standard InChI is InChI=1S/C14H25N3O2/c1-5-12(6-7-18)8-15-14(19)13-9-16-17(10(2)3)11(13)4/h9-10,12,18H,5-8H2,1-4H3,(H,15,19). The molecule has 5 nitrogen and oxygen atoms in total. The van der Waals surface area contributed by atoms with Crippen LogP contribution < -0.4 is 5.32 Å². The zero-order valence-corrected chi connectivity index (χ0v) is 12.3. The van der Waals surface area contributed by atoms with Crippen LogP contribution in [0.2, 0.25) is 0 Å². The zero-order chi connectivity index (χ0) is 14.4. The summed E-state index contributed by atoms with van der Waals surface area (Å²) in [4.78, 5) is 12.1. The molecule has 0 bridgehead atoms. The van der Waals surface area contributed by atoms with Crippen LogP contribution in [0.25, 0.3) is 0 Å². The lowest BCUT2D eigenvalue weighted by Gasteiger charge is -2.14. The maximum absolute atomic E-state index is 12.1. The molecular formula is C14H25N3O2. The van der Waals surface area contributed by atoms with Gasteiger partial charge in [0.1, 0.15) is 0 Å². The third kappa shape index (κ3) is 4.06. The minimum atomic E-state index is -0.0826. The van der Waals surface area contributed by atoms with E-state index in [1.54, 1.807) is 6.20 Å². The average Bonchev–Trinajstić information content (AvgIpc) is 2.76. The lowest BCUT2D eigenvalue weighted by atomic mass is 10.0. The van der Waals surface area contributed by atoms with E-state index in [2.05, 4.69) is 17.3 Å². The first kappa shape index (κ1) is 15.7. The van der Waals surface area contributed by atoms with Crippen molar-refractivity contribution in [2.24, 2.45) is 5.92 Å². The van der Waals surface area contributed by atoms with Crippen molar-refractivity contribution in [3.63, 3.8) is 0 Å². The molecule has 5 heteroatoms. The molecule has 1 heterocycles. The Bertz CT molecular complexity index is 413. The van der Waals surface area contributed by atoms with Crippen LogP contribution in [0.1, 0.15) is 55.7 Å². The molecule has 0 aliphatic carbocycles. The predicted octanol–water partition coefficient (Wildman–Crippen LogP) is 1.91. The van der Waals surface area contributed by atoms with Gasteiger partial charge in [0.25, 0.3) is 5.91 Å². The summed E-state index contributed by atoms with van der Waals surface area (Å²) < 4.78 is 1.85. The van der Waals surface area contributed by atoms with Gasteiger partial charge >= 0.3 is 0 Å². The molecule has 19 heavy (non-hydrogen) atoms. The quantitative estimate of drug-likeness (QED) is 0.793. The van der Waals surface area contributed by atoms with Gasteiger partial charge in [-0.2, -0.15) is 5.10 Å². The molecule has 0 aromatic carbocycles. The number of aliphatic hydroxyl groups excluding tert-OH is 1. The SMILES string of the molecule is CCC(CCO)CNC(=O)c1cnn(C(C)C)c1C. The third-order valence-corrected chi connectivity index (χ3v) is 3.44. The molecule has 0 spiro atoms. The molecule has 1 unspecified atom stereocenters. The lowest BCUT2D eigenvalue weighted by molar-refractivity contribution is 0.0943. The van der Waals surface area contributed by atoms with Crippen molar-refractivity contribution in [2.75, 3.05) is 13.2 Å². The Hall–Kier alpha value is -1.36. The van der Waals surface area contributed by atoms with E-state index in [1.165, 1.54) is 0 Å². The molecule has 1 atom stereocenters. The Labute approximate surface area is 115 Å². The van der Waals surface area contributed by atoms with E-state index in [0.717, 1.165) is 18.5 Å². The van der Waals surface area contributed by atoms with Crippen LogP contribution in [0, 0.1) is 12.8 Å². The normalized spacial score (nSPS) is 12.7. The summed E-state index contributed by atoms with van der Waals surface area (Å²) in [5.74, 6) is 0.246. The number of hydrogen-bond donors (Lipinski definition) is 2. The number of carbonyl (C=O) groups is 1. The number of nitrogens with one attached hydrogen (secondary N) is 1. The molecule has 0 saturated carbocycles. The number of aromatic nitrogens is 2. The van der Waals surface area contributed by atoms with Crippen LogP contribution in [0.3, 0.4) is 0 Å². The highest BCUT2D eigenvalue weighted by Crippen LogP contribution is 2.13. The summed E-state index contributed by atoms with van der Waals surface area (Å²) in [5.41, 5.74) is 1.52. The first-order chi connectivity index (χ1) is 9.01. The van der Waals surface area contributed by atoms with E-state index < -0.39 is 0 Å². The lowest BCUT2D eigenvalue weighted by Crippen LogP contribution is -2.30. The van der Waals surface area contributed by atoms with Crippen molar-refractivity contribution in [1.29, 1.82) is 0 Å².